The molecule has 2 aliphatic heterocycles. The molecule has 0 radical (unpaired) electrons. The van der Waals surface area contributed by atoms with Crippen LogP contribution in [0.3, 0.4) is 0 Å². The first-order valence-electron chi connectivity index (χ1n) is 17.6. The molecule has 0 saturated carbocycles. The number of aliphatic hydroxyl groups is 3. The number of phenols is 1. The van der Waals surface area contributed by atoms with Crippen molar-refractivity contribution in [3.05, 3.63) is 144 Å². The van der Waals surface area contributed by atoms with Gasteiger partial charge in [0.15, 0.2) is 0 Å². The standard InChI is InChI=1S/C43H42FNO6/c44-34-16-10-30(11-17-34)39(48)21-15-33-23-42(50)45(35-18-12-28(13-19-35)27-4-2-1-3-5-27)43(33)38-20-14-32(22-40(38)49)29-6-8-31(9-7-29)41-25-36(47)24-37(26-46)51-41/h1-14,16-20,22,33,36-37,39,41,43,46-49H,15,21,23-26H2. The van der Waals surface area contributed by atoms with Crippen molar-refractivity contribution in [1.29, 1.82) is 0 Å². The molecule has 0 aromatic heterocycles. The van der Waals surface area contributed by atoms with Crippen molar-refractivity contribution in [3.8, 4) is 28.0 Å². The first kappa shape index (κ1) is 34.6. The molecule has 2 saturated heterocycles. The Kier molecular flexibility index (Phi) is 10.3. The third-order valence-electron chi connectivity index (χ3n) is 10.3. The molecule has 4 N–H and O–H groups in total. The second-order valence-electron chi connectivity index (χ2n) is 13.7. The maximum Gasteiger partial charge on any atom is 0.227 e. The van der Waals surface area contributed by atoms with Crippen molar-refractivity contribution >= 4 is 11.6 Å². The second-order valence-corrected chi connectivity index (χ2v) is 13.7. The van der Waals surface area contributed by atoms with Crippen molar-refractivity contribution in [3.63, 3.8) is 0 Å². The molecule has 6 unspecified atom stereocenters. The van der Waals surface area contributed by atoms with Gasteiger partial charge in [0.25, 0.3) is 0 Å². The molecule has 51 heavy (non-hydrogen) atoms. The van der Waals surface area contributed by atoms with Crippen LogP contribution in [0.25, 0.3) is 22.3 Å². The average Bonchev–Trinajstić information content (AvgIpc) is 3.49. The van der Waals surface area contributed by atoms with Crippen LogP contribution < -0.4 is 4.90 Å². The molecule has 7 nitrogen and oxygen atoms in total. The summed E-state index contributed by atoms with van der Waals surface area (Å²) in [6.07, 6.45) is -0.0882. The fourth-order valence-electron chi connectivity index (χ4n) is 7.61. The minimum Gasteiger partial charge on any atom is -0.508 e. The largest absolute Gasteiger partial charge is 0.508 e. The predicted octanol–water partition coefficient (Wildman–Crippen LogP) is 8.05. The monoisotopic (exact) mass is 687 g/mol. The van der Waals surface area contributed by atoms with Gasteiger partial charge in [-0.05, 0) is 82.5 Å². The molecule has 2 aliphatic rings. The molecule has 5 aromatic carbocycles. The Bertz CT molecular complexity index is 1930. The van der Waals surface area contributed by atoms with E-state index in [1.807, 2.05) is 91.0 Å². The van der Waals surface area contributed by atoms with E-state index in [1.165, 1.54) is 12.1 Å². The van der Waals surface area contributed by atoms with Crippen LogP contribution in [0.1, 0.15) is 67.0 Å². The van der Waals surface area contributed by atoms with Gasteiger partial charge in [-0.25, -0.2) is 4.39 Å². The Morgan fingerprint density at radius 3 is 2.14 bits per heavy atom. The topological polar surface area (TPSA) is 110 Å². The van der Waals surface area contributed by atoms with E-state index in [1.54, 1.807) is 23.1 Å². The fourth-order valence-corrected chi connectivity index (χ4v) is 7.61. The van der Waals surface area contributed by atoms with Gasteiger partial charge < -0.3 is 30.1 Å². The number of amides is 1. The van der Waals surface area contributed by atoms with Gasteiger partial charge in [0.1, 0.15) is 11.6 Å². The molecule has 2 fully saturated rings. The summed E-state index contributed by atoms with van der Waals surface area (Å²) in [7, 11) is 0. The van der Waals surface area contributed by atoms with Crippen LogP contribution >= 0.6 is 0 Å². The van der Waals surface area contributed by atoms with E-state index in [-0.39, 0.29) is 42.5 Å². The zero-order valence-corrected chi connectivity index (χ0v) is 28.2. The number of benzene rings is 5. The summed E-state index contributed by atoms with van der Waals surface area (Å²) < 4.78 is 19.5. The quantitative estimate of drug-likeness (QED) is 0.118. The van der Waals surface area contributed by atoms with Gasteiger partial charge in [-0.2, -0.15) is 0 Å². The highest BCUT2D eigenvalue weighted by Gasteiger charge is 2.42. The fraction of sp³-hybridized carbons (Fsp3) is 0.279. The molecule has 0 spiro atoms. The van der Waals surface area contributed by atoms with E-state index >= 15 is 0 Å². The Hall–Kier alpha value is -4.86. The molecule has 8 heteroatoms. The number of aliphatic hydroxyl groups excluding tert-OH is 3. The van der Waals surface area contributed by atoms with Gasteiger partial charge in [0, 0.05) is 30.5 Å². The van der Waals surface area contributed by atoms with Crippen molar-refractivity contribution in [2.45, 2.75) is 62.6 Å². The number of hydrogen-bond donors (Lipinski definition) is 4. The van der Waals surface area contributed by atoms with Crippen LogP contribution in [0.2, 0.25) is 0 Å². The molecular formula is C43H42FNO6. The van der Waals surface area contributed by atoms with E-state index in [0.29, 0.717) is 36.8 Å². The Morgan fingerprint density at radius 1 is 0.804 bits per heavy atom. The van der Waals surface area contributed by atoms with Crippen LogP contribution in [-0.2, 0) is 9.53 Å². The van der Waals surface area contributed by atoms with E-state index in [2.05, 4.69) is 0 Å². The van der Waals surface area contributed by atoms with E-state index < -0.39 is 24.4 Å². The first-order chi connectivity index (χ1) is 24.8. The summed E-state index contributed by atoms with van der Waals surface area (Å²) in [5.74, 6) is -0.571. The lowest BCUT2D eigenvalue weighted by molar-refractivity contribution is -0.117. The van der Waals surface area contributed by atoms with Gasteiger partial charge in [0.05, 0.1) is 37.1 Å². The molecule has 262 valence electrons. The zero-order valence-electron chi connectivity index (χ0n) is 28.2. The van der Waals surface area contributed by atoms with Gasteiger partial charge in [-0.15, -0.1) is 0 Å². The molecule has 5 aromatic rings. The van der Waals surface area contributed by atoms with Gasteiger partial charge in [-0.3, -0.25) is 4.79 Å². The number of carbonyl (C=O) groups is 1. The number of rotatable bonds is 10. The highest BCUT2D eigenvalue weighted by atomic mass is 19.1. The van der Waals surface area contributed by atoms with Gasteiger partial charge in [0.2, 0.25) is 5.91 Å². The highest BCUT2D eigenvalue weighted by Crippen LogP contribution is 2.47. The number of phenolic OH excluding ortho intramolecular Hbond substituents is 1. The molecule has 1 amide bonds. The molecule has 6 atom stereocenters. The van der Waals surface area contributed by atoms with Crippen molar-refractivity contribution in [2.75, 3.05) is 11.5 Å². The smallest absolute Gasteiger partial charge is 0.227 e. The third-order valence-corrected chi connectivity index (χ3v) is 10.3. The number of carbonyl (C=O) groups excluding carboxylic acids is 1. The molecule has 0 aliphatic carbocycles. The third kappa shape index (κ3) is 7.60. The summed E-state index contributed by atoms with van der Waals surface area (Å²) in [6, 6.07) is 36.5. The maximum absolute atomic E-state index is 13.8. The zero-order chi connectivity index (χ0) is 35.5. The Labute approximate surface area is 297 Å². The number of nitrogens with zero attached hydrogens (tertiary/aromatic N) is 1. The average molecular weight is 688 g/mol. The van der Waals surface area contributed by atoms with E-state index in [9.17, 15) is 29.6 Å². The normalized spacial score (nSPS) is 22.6. The van der Waals surface area contributed by atoms with E-state index in [0.717, 1.165) is 33.5 Å². The molecule has 2 heterocycles. The number of hydrogen-bond acceptors (Lipinski definition) is 6. The summed E-state index contributed by atoms with van der Waals surface area (Å²) >= 11 is 0. The summed E-state index contributed by atoms with van der Waals surface area (Å²) in [6.45, 7) is -0.143. The Balaban J connectivity index is 1.16. The minimum absolute atomic E-state index is 0.0636. The SMILES string of the molecule is O=C1CC(CCC(O)c2ccc(F)cc2)C(c2ccc(-c3ccc(C4CC(O)CC(CO)O4)cc3)cc2O)N1c1ccc(-c2ccccc2)cc1. The lowest BCUT2D eigenvalue weighted by Gasteiger charge is -2.32. The van der Waals surface area contributed by atoms with Gasteiger partial charge in [-0.1, -0.05) is 91.0 Å². The first-order valence-corrected chi connectivity index (χ1v) is 17.6. The van der Waals surface area contributed by atoms with E-state index in [4.69, 9.17) is 4.74 Å². The number of ether oxygens (including phenoxy) is 1. The van der Waals surface area contributed by atoms with Crippen LogP contribution in [0.4, 0.5) is 10.1 Å². The molecular weight excluding hydrogens is 645 g/mol. The predicted molar refractivity (Wildman–Crippen MR) is 194 cm³/mol. The number of aromatic hydroxyl groups is 1. The lowest BCUT2D eigenvalue weighted by Crippen LogP contribution is -2.33. The summed E-state index contributed by atoms with van der Waals surface area (Å²) in [5.41, 5.74) is 6.64. The van der Waals surface area contributed by atoms with Crippen LogP contribution in [0, 0.1) is 11.7 Å². The summed E-state index contributed by atoms with van der Waals surface area (Å²) in [4.78, 5) is 15.6. The highest BCUT2D eigenvalue weighted by molar-refractivity contribution is 5.97. The molecule has 0 bridgehead atoms. The minimum atomic E-state index is -0.823. The Morgan fingerprint density at radius 2 is 1.45 bits per heavy atom. The second kappa shape index (κ2) is 15.2. The number of anilines is 1. The number of halogens is 1. The molecule has 7 rings (SSSR count). The van der Waals surface area contributed by atoms with Gasteiger partial charge >= 0.3 is 0 Å². The van der Waals surface area contributed by atoms with Crippen molar-refractivity contribution < 1.29 is 34.3 Å². The van der Waals surface area contributed by atoms with Crippen molar-refractivity contribution in [1.82, 2.24) is 0 Å². The van der Waals surface area contributed by atoms with Crippen LogP contribution in [0.5, 0.6) is 5.75 Å². The van der Waals surface area contributed by atoms with Crippen molar-refractivity contribution in [2.24, 2.45) is 5.92 Å². The lowest BCUT2D eigenvalue weighted by atomic mass is 9.86. The summed E-state index contributed by atoms with van der Waals surface area (Å²) in [5, 5.41) is 42.4. The maximum atomic E-state index is 13.8. The van der Waals surface area contributed by atoms with Crippen LogP contribution in [-0.4, -0.2) is 45.1 Å². The van der Waals surface area contributed by atoms with Crippen LogP contribution in [0.15, 0.2) is 121 Å².